The predicted octanol–water partition coefficient (Wildman–Crippen LogP) is 2.91. The Balaban J connectivity index is 1.41. The van der Waals surface area contributed by atoms with Crippen molar-refractivity contribution in [3.63, 3.8) is 0 Å². The molecule has 2 amide bonds. The fourth-order valence-corrected chi connectivity index (χ4v) is 4.24. The monoisotopic (exact) mass is 395 g/mol. The van der Waals surface area contributed by atoms with Crippen LogP contribution in [0.2, 0.25) is 0 Å². The molecule has 29 heavy (non-hydrogen) atoms. The van der Waals surface area contributed by atoms with Crippen LogP contribution in [0.1, 0.15) is 29.8 Å². The van der Waals surface area contributed by atoms with Crippen LogP contribution < -0.4 is 4.90 Å². The summed E-state index contributed by atoms with van der Waals surface area (Å²) in [6.07, 6.45) is 0. The summed E-state index contributed by atoms with van der Waals surface area (Å²) in [7, 11) is 0. The molecule has 0 spiro atoms. The Morgan fingerprint density at radius 3 is 2.31 bits per heavy atom. The van der Waals surface area contributed by atoms with E-state index in [0.29, 0.717) is 24.2 Å². The van der Waals surface area contributed by atoms with Gasteiger partial charge in [0.25, 0.3) is 5.91 Å². The fourth-order valence-electron chi connectivity index (χ4n) is 4.24. The minimum absolute atomic E-state index is 0.218. The minimum atomic E-state index is -0.844. The van der Waals surface area contributed by atoms with Gasteiger partial charge in [0.1, 0.15) is 5.82 Å². The van der Waals surface area contributed by atoms with Gasteiger partial charge < -0.3 is 4.90 Å². The molecule has 2 heterocycles. The second kappa shape index (κ2) is 7.59. The summed E-state index contributed by atoms with van der Waals surface area (Å²) in [6.45, 7) is 8.11. The van der Waals surface area contributed by atoms with Gasteiger partial charge in [0.15, 0.2) is 0 Å². The number of carbonyl (C=O) groups is 2. The highest BCUT2D eigenvalue weighted by Gasteiger charge is 2.44. The normalized spacial score (nSPS) is 19.4. The number of piperazine rings is 1. The molecule has 1 saturated heterocycles. The SMILES string of the molecule is CC1(C)C(=O)N(CCN2CCN(c3ccccc3)CC2)C(=O)c2cc(F)ccc21. The van der Waals surface area contributed by atoms with Crippen molar-refractivity contribution < 1.29 is 14.0 Å². The largest absolute Gasteiger partial charge is 0.369 e. The van der Waals surface area contributed by atoms with Crippen molar-refractivity contribution in [3.05, 3.63) is 65.5 Å². The smallest absolute Gasteiger partial charge is 0.260 e. The first-order valence-corrected chi connectivity index (χ1v) is 10.1. The number of rotatable bonds is 4. The van der Waals surface area contributed by atoms with Crippen LogP contribution in [0.15, 0.2) is 48.5 Å². The first-order chi connectivity index (χ1) is 13.9. The lowest BCUT2D eigenvalue weighted by atomic mass is 9.77. The highest BCUT2D eigenvalue weighted by Crippen LogP contribution is 2.34. The van der Waals surface area contributed by atoms with Crippen LogP contribution in [0.3, 0.4) is 0 Å². The Morgan fingerprint density at radius 2 is 1.62 bits per heavy atom. The second-order valence-corrected chi connectivity index (χ2v) is 8.24. The van der Waals surface area contributed by atoms with E-state index in [2.05, 4.69) is 21.9 Å². The van der Waals surface area contributed by atoms with Crippen LogP contribution in [-0.4, -0.2) is 60.9 Å². The number of benzene rings is 2. The Morgan fingerprint density at radius 1 is 0.931 bits per heavy atom. The number of imide groups is 1. The van der Waals surface area contributed by atoms with Gasteiger partial charge in [0.2, 0.25) is 5.91 Å². The molecule has 0 saturated carbocycles. The number of hydrogen-bond donors (Lipinski definition) is 0. The Hall–Kier alpha value is -2.73. The lowest BCUT2D eigenvalue weighted by molar-refractivity contribution is -0.134. The molecular weight excluding hydrogens is 369 g/mol. The van der Waals surface area contributed by atoms with E-state index in [0.717, 1.165) is 26.2 Å². The van der Waals surface area contributed by atoms with E-state index in [9.17, 15) is 14.0 Å². The van der Waals surface area contributed by atoms with Gasteiger partial charge in [-0.2, -0.15) is 0 Å². The molecule has 0 atom stereocenters. The van der Waals surface area contributed by atoms with Crippen molar-refractivity contribution in [1.82, 2.24) is 9.80 Å². The summed E-state index contributed by atoms with van der Waals surface area (Å²) >= 11 is 0. The quantitative estimate of drug-likeness (QED) is 0.747. The topological polar surface area (TPSA) is 43.9 Å². The Kier molecular flexibility index (Phi) is 5.13. The van der Waals surface area contributed by atoms with E-state index in [1.807, 2.05) is 18.2 Å². The third kappa shape index (κ3) is 3.65. The number of nitrogens with zero attached hydrogens (tertiary/aromatic N) is 3. The van der Waals surface area contributed by atoms with Gasteiger partial charge in [-0.1, -0.05) is 24.3 Å². The van der Waals surface area contributed by atoms with Gasteiger partial charge >= 0.3 is 0 Å². The summed E-state index contributed by atoms with van der Waals surface area (Å²) in [4.78, 5) is 31.8. The Bertz CT molecular complexity index is 921. The van der Waals surface area contributed by atoms with E-state index in [-0.39, 0.29) is 5.91 Å². The standard InChI is InChI=1S/C23H26FN3O2/c1-23(2)20-9-8-17(24)16-19(20)21(28)27(22(23)29)15-12-25-10-13-26(14-11-25)18-6-4-3-5-7-18/h3-9,16H,10-15H2,1-2H3. The highest BCUT2D eigenvalue weighted by molar-refractivity contribution is 6.12. The molecule has 5 nitrogen and oxygen atoms in total. The molecule has 6 heteroatoms. The molecule has 2 aromatic carbocycles. The van der Waals surface area contributed by atoms with E-state index < -0.39 is 17.1 Å². The second-order valence-electron chi connectivity index (χ2n) is 8.24. The maximum absolute atomic E-state index is 13.7. The number of anilines is 1. The lowest BCUT2D eigenvalue weighted by Gasteiger charge is -2.40. The average molecular weight is 395 g/mol. The molecule has 0 unspecified atom stereocenters. The zero-order valence-electron chi connectivity index (χ0n) is 16.9. The summed E-state index contributed by atoms with van der Waals surface area (Å²) in [5.41, 5.74) is 1.27. The summed E-state index contributed by atoms with van der Waals surface area (Å²) in [5, 5.41) is 0. The first kappa shape index (κ1) is 19.6. The van der Waals surface area contributed by atoms with E-state index in [1.165, 1.54) is 22.7 Å². The van der Waals surface area contributed by atoms with Crippen LogP contribution in [0.25, 0.3) is 0 Å². The van der Waals surface area contributed by atoms with Gasteiger partial charge in [-0.05, 0) is 43.7 Å². The third-order valence-electron chi connectivity index (χ3n) is 6.04. The zero-order chi connectivity index (χ0) is 20.6. The highest BCUT2D eigenvalue weighted by atomic mass is 19.1. The average Bonchev–Trinajstić information content (AvgIpc) is 2.73. The van der Waals surface area contributed by atoms with Crippen LogP contribution in [0, 0.1) is 5.82 Å². The molecule has 0 bridgehead atoms. The zero-order valence-corrected chi connectivity index (χ0v) is 16.9. The van der Waals surface area contributed by atoms with Gasteiger partial charge in [-0.3, -0.25) is 19.4 Å². The van der Waals surface area contributed by atoms with Crippen LogP contribution >= 0.6 is 0 Å². The van der Waals surface area contributed by atoms with Crippen molar-refractivity contribution in [3.8, 4) is 0 Å². The molecule has 0 aromatic heterocycles. The number of para-hydroxylation sites is 1. The van der Waals surface area contributed by atoms with Gasteiger partial charge in [-0.15, -0.1) is 0 Å². The van der Waals surface area contributed by atoms with Crippen molar-refractivity contribution >= 4 is 17.5 Å². The third-order valence-corrected chi connectivity index (χ3v) is 6.04. The molecule has 0 N–H and O–H groups in total. The minimum Gasteiger partial charge on any atom is -0.369 e. The number of fused-ring (bicyclic) bond motifs is 1. The van der Waals surface area contributed by atoms with Crippen molar-refractivity contribution in [2.24, 2.45) is 0 Å². The molecule has 152 valence electrons. The molecule has 4 rings (SSSR count). The molecular formula is C23H26FN3O2. The molecule has 2 aliphatic rings. The fraction of sp³-hybridized carbons (Fsp3) is 0.391. The molecule has 2 aromatic rings. The number of halogens is 1. The summed E-state index contributed by atoms with van der Waals surface area (Å²) in [6, 6.07) is 14.4. The number of carbonyl (C=O) groups excluding carboxylic acids is 2. The van der Waals surface area contributed by atoms with Crippen molar-refractivity contribution in [2.45, 2.75) is 19.3 Å². The number of amides is 2. The van der Waals surface area contributed by atoms with E-state index in [1.54, 1.807) is 19.9 Å². The maximum Gasteiger partial charge on any atom is 0.260 e. The van der Waals surface area contributed by atoms with Crippen molar-refractivity contribution in [2.75, 3.05) is 44.2 Å². The van der Waals surface area contributed by atoms with E-state index >= 15 is 0 Å². The first-order valence-electron chi connectivity index (χ1n) is 10.1. The summed E-state index contributed by atoms with van der Waals surface area (Å²) < 4.78 is 13.7. The molecule has 0 radical (unpaired) electrons. The molecule has 0 aliphatic carbocycles. The predicted molar refractivity (Wildman–Crippen MR) is 111 cm³/mol. The van der Waals surface area contributed by atoms with Gasteiger partial charge in [0.05, 0.1) is 5.41 Å². The lowest BCUT2D eigenvalue weighted by Crippen LogP contribution is -2.55. The van der Waals surface area contributed by atoms with Crippen molar-refractivity contribution in [1.29, 1.82) is 0 Å². The maximum atomic E-state index is 13.7. The molecule has 1 fully saturated rings. The van der Waals surface area contributed by atoms with E-state index in [4.69, 9.17) is 0 Å². The van der Waals surface area contributed by atoms with Gasteiger partial charge in [0, 0.05) is 50.5 Å². The Labute approximate surface area is 170 Å². The summed E-state index contributed by atoms with van der Waals surface area (Å²) in [5.74, 6) is -1.07. The van der Waals surface area contributed by atoms with Gasteiger partial charge in [-0.25, -0.2) is 4.39 Å². The van der Waals surface area contributed by atoms with Crippen LogP contribution in [-0.2, 0) is 10.2 Å². The molecule has 2 aliphatic heterocycles. The number of hydrogen-bond acceptors (Lipinski definition) is 4. The van der Waals surface area contributed by atoms with Crippen LogP contribution in [0.4, 0.5) is 10.1 Å². The van der Waals surface area contributed by atoms with Crippen LogP contribution in [0.5, 0.6) is 0 Å².